The molecule has 4 rings (SSSR count). The molecule has 1 amide bonds. The van der Waals surface area contributed by atoms with Gasteiger partial charge in [-0.15, -0.1) is 0 Å². The van der Waals surface area contributed by atoms with E-state index in [0.717, 1.165) is 15.9 Å². The molecule has 0 bridgehead atoms. The van der Waals surface area contributed by atoms with E-state index in [4.69, 9.17) is 0 Å². The number of non-ortho nitro benzene ring substituents is 1. The fourth-order valence-electron chi connectivity index (χ4n) is 3.11. The Morgan fingerprint density at radius 1 is 1.10 bits per heavy atom. The highest BCUT2D eigenvalue weighted by Crippen LogP contribution is 2.26. The van der Waals surface area contributed by atoms with Crippen molar-refractivity contribution in [3.63, 3.8) is 0 Å². The predicted octanol–water partition coefficient (Wildman–Crippen LogP) is 4.18. The summed E-state index contributed by atoms with van der Waals surface area (Å²) in [6, 6.07) is 20.8. The molecule has 0 radical (unpaired) electrons. The van der Waals surface area contributed by atoms with Crippen molar-refractivity contribution in [3.05, 3.63) is 100 Å². The molecule has 0 unspecified atom stereocenters. The minimum absolute atomic E-state index is 0.123. The first-order chi connectivity index (χ1) is 15.0. The first kappa shape index (κ1) is 19.8. The van der Waals surface area contributed by atoms with Crippen LogP contribution < -0.4 is 5.32 Å². The molecule has 0 spiro atoms. The molecular weight excluding hydrogens is 396 g/mol. The largest absolute Gasteiger partial charge is 0.426 e. The van der Waals surface area contributed by atoms with Gasteiger partial charge in [0.05, 0.1) is 10.4 Å². The summed E-state index contributed by atoms with van der Waals surface area (Å²) in [6.07, 6.45) is 3.23. The smallest absolute Gasteiger partial charge is 0.271 e. The SMILES string of the molecule is O=C(/C=C/c1ccccc1)NCc1ccc(-c2nc3ccc([N+](=O)[O-])cc3n2O)cc1. The van der Waals surface area contributed by atoms with Gasteiger partial charge in [-0.1, -0.05) is 54.6 Å². The molecule has 0 saturated heterocycles. The van der Waals surface area contributed by atoms with Crippen molar-refractivity contribution in [2.45, 2.75) is 6.54 Å². The van der Waals surface area contributed by atoms with Crippen molar-refractivity contribution >= 4 is 28.7 Å². The number of rotatable bonds is 6. The number of nitrogens with one attached hydrogen (secondary N) is 1. The molecule has 0 aliphatic heterocycles. The molecule has 2 N–H and O–H groups in total. The number of carbonyl (C=O) groups is 1. The van der Waals surface area contributed by atoms with Crippen molar-refractivity contribution in [2.75, 3.05) is 0 Å². The summed E-state index contributed by atoms with van der Waals surface area (Å²) in [7, 11) is 0. The Bertz CT molecular complexity index is 1280. The molecule has 0 aliphatic carbocycles. The maximum Gasteiger partial charge on any atom is 0.271 e. The van der Waals surface area contributed by atoms with Gasteiger partial charge in [-0.2, -0.15) is 4.73 Å². The van der Waals surface area contributed by atoms with E-state index in [9.17, 15) is 20.1 Å². The van der Waals surface area contributed by atoms with Crippen LogP contribution in [0.5, 0.6) is 0 Å². The number of amides is 1. The Labute approximate surface area is 177 Å². The molecule has 0 atom stereocenters. The Morgan fingerprint density at radius 3 is 2.55 bits per heavy atom. The topological polar surface area (TPSA) is 110 Å². The van der Waals surface area contributed by atoms with E-state index in [-0.39, 0.29) is 22.9 Å². The third kappa shape index (κ3) is 4.43. The van der Waals surface area contributed by atoms with Gasteiger partial charge in [-0.05, 0) is 23.3 Å². The van der Waals surface area contributed by atoms with E-state index >= 15 is 0 Å². The lowest BCUT2D eigenvalue weighted by Crippen LogP contribution is -2.20. The first-order valence-corrected chi connectivity index (χ1v) is 9.48. The number of aromatic nitrogens is 2. The summed E-state index contributed by atoms with van der Waals surface area (Å²) in [5.74, 6) is 0.0727. The number of nitro benzene ring substituents is 1. The minimum atomic E-state index is -0.524. The van der Waals surface area contributed by atoms with Crippen LogP contribution in [0.2, 0.25) is 0 Å². The van der Waals surface area contributed by atoms with Gasteiger partial charge in [0.1, 0.15) is 5.52 Å². The van der Waals surface area contributed by atoms with Crippen molar-refractivity contribution < 1.29 is 14.9 Å². The quantitative estimate of drug-likeness (QED) is 0.213. The lowest BCUT2D eigenvalue weighted by atomic mass is 10.1. The predicted molar refractivity (Wildman–Crippen MR) is 116 cm³/mol. The highest BCUT2D eigenvalue weighted by Gasteiger charge is 2.15. The summed E-state index contributed by atoms with van der Waals surface area (Å²) in [4.78, 5) is 26.8. The van der Waals surface area contributed by atoms with Gasteiger partial charge in [0.25, 0.3) is 5.69 Å². The molecule has 4 aromatic rings. The molecule has 3 aromatic carbocycles. The van der Waals surface area contributed by atoms with Gasteiger partial charge < -0.3 is 10.5 Å². The van der Waals surface area contributed by atoms with Crippen molar-refractivity contribution in [3.8, 4) is 11.4 Å². The Kier molecular flexibility index (Phi) is 5.44. The first-order valence-electron chi connectivity index (χ1n) is 9.48. The van der Waals surface area contributed by atoms with Crippen LogP contribution >= 0.6 is 0 Å². The second kappa shape index (κ2) is 8.50. The van der Waals surface area contributed by atoms with Crippen molar-refractivity contribution in [1.82, 2.24) is 15.0 Å². The normalized spacial score (nSPS) is 11.1. The minimum Gasteiger partial charge on any atom is -0.426 e. The van der Waals surface area contributed by atoms with Crippen LogP contribution in [0.3, 0.4) is 0 Å². The van der Waals surface area contributed by atoms with Gasteiger partial charge in [-0.3, -0.25) is 14.9 Å². The van der Waals surface area contributed by atoms with Crippen LogP contribution in [0, 0.1) is 10.1 Å². The van der Waals surface area contributed by atoms with Crippen LogP contribution in [-0.2, 0) is 11.3 Å². The van der Waals surface area contributed by atoms with Crippen LogP contribution in [0.15, 0.2) is 78.9 Å². The molecule has 0 saturated carbocycles. The fraction of sp³-hybridized carbons (Fsp3) is 0.0435. The van der Waals surface area contributed by atoms with E-state index in [0.29, 0.717) is 17.6 Å². The lowest BCUT2D eigenvalue weighted by molar-refractivity contribution is -0.384. The lowest BCUT2D eigenvalue weighted by Gasteiger charge is -2.05. The molecule has 0 aliphatic rings. The summed E-state index contributed by atoms with van der Waals surface area (Å²) in [5, 5.41) is 24.2. The molecule has 31 heavy (non-hydrogen) atoms. The summed E-state index contributed by atoms with van der Waals surface area (Å²) < 4.78 is 0.841. The second-order valence-corrected chi connectivity index (χ2v) is 6.84. The summed E-state index contributed by atoms with van der Waals surface area (Å²) in [6.45, 7) is 0.347. The Balaban J connectivity index is 1.44. The highest BCUT2D eigenvalue weighted by molar-refractivity contribution is 5.91. The summed E-state index contributed by atoms with van der Waals surface area (Å²) in [5.41, 5.74) is 3.04. The number of benzene rings is 3. The molecule has 8 nitrogen and oxygen atoms in total. The van der Waals surface area contributed by atoms with Crippen molar-refractivity contribution in [2.24, 2.45) is 0 Å². The number of hydrogen-bond acceptors (Lipinski definition) is 5. The van der Waals surface area contributed by atoms with Crippen LogP contribution in [-0.4, -0.2) is 25.8 Å². The van der Waals surface area contributed by atoms with Crippen LogP contribution in [0.4, 0.5) is 5.69 Å². The fourth-order valence-corrected chi connectivity index (χ4v) is 3.11. The Morgan fingerprint density at radius 2 is 1.84 bits per heavy atom. The van der Waals surface area contributed by atoms with Gasteiger partial charge in [0, 0.05) is 30.3 Å². The molecule has 154 valence electrons. The van der Waals surface area contributed by atoms with Gasteiger partial charge >= 0.3 is 0 Å². The zero-order chi connectivity index (χ0) is 21.8. The number of carbonyl (C=O) groups excluding carboxylic acids is 1. The van der Waals surface area contributed by atoms with E-state index in [1.807, 2.05) is 42.5 Å². The Hall–Kier alpha value is -4.46. The third-order valence-corrected chi connectivity index (χ3v) is 4.73. The molecule has 8 heteroatoms. The average molecular weight is 414 g/mol. The molecule has 1 heterocycles. The maximum atomic E-state index is 12.0. The molecule has 1 aromatic heterocycles. The molecular formula is C23H18N4O4. The zero-order valence-electron chi connectivity index (χ0n) is 16.3. The highest BCUT2D eigenvalue weighted by atomic mass is 16.6. The van der Waals surface area contributed by atoms with Crippen LogP contribution in [0.25, 0.3) is 28.5 Å². The monoisotopic (exact) mass is 414 g/mol. The van der Waals surface area contributed by atoms with Gasteiger partial charge in [-0.25, -0.2) is 4.98 Å². The van der Waals surface area contributed by atoms with E-state index < -0.39 is 4.92 Å². The zero-order valence-corrected chi connectivity index (χ0v) is 16.3. The number of fused-ring (bicyclic) bond motifs is 1. The van der Waals surface area contributed by atoms with Crippen molar-refractivity contribution in [1.29, 1.82) is 0 Å². The number of imidazole rings is 1. The van der Waals surface area contributed by atoms with E-state index in [1.54, 1.807) is 18.2 Å². The molecule has 0 fully saturated rings. The third-order valence-electron chi connectivity index (χ3n) is 4.73. The van der Waals surface area contributed by atoms with E-state index in [2.05, 4.69) is 10.3 Å². The average Bonchev–Trinajstić information content (AvgIpc) is 3.13. The maximum absolute atomic E-state index is 12.0. The van der Waals surface area contributed by atoms with E-state index in [1.165, 1.54) is 24.3 Å². The number of nitrogens with zero attached hydrogens (tertiary/aromatic N) is 3. The van der Waals surface area contributed by atoms with Gasteiger partial charge in [0.2, 0.25) is 5.91 Å². The number of hydrogen-bond donors (Lipinski definition) is 2. The second-order valence-electron chi connectivity index (χ2n) is 6.84. The number of nitro groups is 1. The van der Waals surface area contributed by atoms with Crippen LogP contribution in [0.1, 0.15) is 11.1 Å². The standard InChI is InChI=1S/C23H18N4O4/c28-22(13-8-16-4-2-1-3-5-16)24-15-17-6-9-18(10-7-17)23-25-20-12-11-19(27(30)31)14-21(20)26(23)29/h1-14,29H,15H2,(H,24,28)/b13-8+. The van der Waals surface area contributed by atoms with Gasteiger partial charge in [0.15, 0.2) is 5.82 Å². The summed E-state index contributed by atoms with van der Waals surface area (Å²) >= 11 is 0.